The molecule has 0 fully saturated rings. The van der Waals surface area contributed by atoms with E-state index in [1.165, 1.54) is 327 Å². The predicted octanol–water partition coefficient (Wildman–Crippen LogP) is 28.7. The Morgan fingerprint density at radius 2 is 0.414 bits per heavy atom. The fourth-order valence-corrected chi connectivity index (χ4v) is 16.1. The number of carbonyl (C=O) groups is 4. The summed E-state index contributed by atoms with van der Waals surface area (Å²) in [5, 5.41) is 10.7. The number of esters is 4. The SMILES string of the molecule is CCCCCCCCCCCCCCCCCCCCCCCC(=O)OC[C@H](COP(=O)(O)OC[C@@H](O)COP(=O)(O)OC[C@@H](COC(=O)CCCCCCCCCCCCCC)OC(=O)CCCCCCCCCCCCCCCCCCC)OC(=O)CCCCCCCCCCCCCCCCCCCCC(C)C. The summed E-state index contributed by atoms with van der Waals surface area (Å²) in [6.07, 6.45) is 80.6. The number of rotatable bonds is 92. The number of carbonyl (C=O) groups excluding carboxylic acids is 4. The summed E-state index contributed by atoms with van der Waals surface area (Å²) in [7, 11) is -9.94. The summed E-state index contributed by atoms with van der Waals surface area (Å²) in [5.41, 5.74) is 0. The van der Waals surface area contributed by atoms with Gasteiger partial charge in [0.2, 0.25) is 0 Å². The molecule has 0 aromatic heterocycles. The molecular weight excluding hydrogens is 1440 g/mol. The van der Waals surface area contributed by atoms with E-state index in [1.807, 2.05) is 0 Å². The van der Waals surface area contributed by atoms with Crippen molar-refractivity contribution in [3.8, 4) is 0 Å². The highest BCUT2D eigenvalue weighted by Gasteiger charge is 2.31. The molecule has 2 unspecified atom stereocenters. The number of phosphoric acid groups is 2. The van der Waals surface area contributed by atoms with Gasteiger partial charge in [-0.05, 0) is 31.6 Å². The molecule has 0 amide bonds. The van der Waals surface area contributed by atoms with Crippen LogP contribution in [0, 0.1) is 5.92 Å². The third-order valence-corrected chi connectivity index (χ3v) is 23.7. The van der Waals surface area contributed by atoms with Gasteiger partial charge in [0.25, 0.3) is 0 Å². The largest absolute Gasteiger partial charge is 0.472 e. The Labute approximate surface area is 683 Å². The standard InChI is InChI=1S/C92H180O17P2/c1-6-9-12-15-18-21-24-27-29-31-32-33-34-39-42-46-51-56-61-66-71-76-90(95)103-82-88(109-92(97)78-73-68-63-58-53-48-44-40-36-35-38-41-45-49-54-59-64-69-74-85(4)5)84-107-111(100,101)105-80-86(93)79-104-110(98,99)106-83-87(81-102-89(94)75-70-65-60-55-50-26-23-20-17-14-11-8-3)108-91(96)77-72-67-62-57-52-47-43-37-30-28-25-22-19-16-13-10-7-2/h85-88,93H,6-84H2,1-5H3,(H,98,99)(H,100,101)/t86-,87+,88+/m0/s1. The zero-order chi connectivity index (χ0) is 81.1. The molecule has 17 nitrogen and oxygen atoms in total. The van der Waals surface area contributed by atoms with E-state index in [4.69, 9.17) is 37.0 Å². The van der Waals surface area contributed by atoms with E-state index < -0.39 is 97.5 Å². The number of hydrogen-bond donors (Lipinski definition) is 3. The minimum Gasteiger partial charge on any atom is -0.462 e. The van der Waals surface area contributed by atoms with E-state index in [2.05, 4.69) is 34.6 Å². The van der Waals surface area contributed by atoms with Crippen molar-refractivity contribution in [1.82, 2.24) is 0 Å². The fraction of sp³-hybridized carbons (Fsp3) is 0.957. The Bertz CT molecular complexity index is 2100. The number of aliphatic hydroxyl groups is 1. The molecule has 0 rings (SSSR count). The van der Waals surface area contributed by atoms with Crippen LogP contribution in [0.1, 0.15) is 503 Å². The van der Waals surface area contributed by atoms with E-state index in [0.717, 1.165) is 95.8 Å². The summed E-state index contributed by atoms with van der Waals surface area (Å²) < 4.78 is 69.1. The van der Waals surface area contributed by atoms with E-state index in [9.17, 15) is 43.2 Å². The number of ether oxygens (including phenoxy) is 4. The molecular formula is C92H180O17P2. The molecule has 0 aromatic rings. The van der Waals surface area contributed by atoms with Crippen molar-refractivity contribution < 1.29 is 80.2 Å². The molecule has 0 saturated carbocycles. The van der Waals surface area contributed by atoms with E-state index in [0.29, 0.717) is 25.7 Å². The third kappa shape index (κ3) is 85.8. The van der Waals surface area contributed by atoms with Gasteiger partial charge in [0.1, 0.15) is 19.3 Å². The number of aliphatic hydroxyl groups excluding tert-OH is 1. The lowest BCUT2D eigenvalue weighted by molar-refractivity contribution is -0.161. The quantitative estimate of drug-likeness (QED) is 0.0222. The van der Waals surface area contributed by atoms with Gasteiger partial charge in [-0.15, -0.1) is 0 Å². The molecule has 0 aliphatic carbocycles. The van der Waals surface area contributed by atoms with Crippen molar-refractivity contribution in [2.24, 2.45) is 5.92 Å². The second kappa shape index (κ2) is 84.5. The van der Waals surface area contributed by atoms with Gasteiger partial charge in [-0.1, -0.05) is 452 Å². The molecule has 19 heteroatoms. The lowest BCUT2D eigenvalue weighted by Gasteiger charge is -2.21. The van der Waals surface area contributed by atoms with Gasteiger partial charge in [0, 0.05) is 25.7 Å². The maximum absolute atomic E-state index is 13.2. The monoisotopic (exact) mass is 1620 g/mol. The van der Waals surface area contributed by atoms with Crippen LogP contribution >= 0.6 is 15.6 Å². The second-order valence-corrected chi connectivity index (χ2v) is 36.4. The molecule has 0 aromatic carbocycles. The van der Waals surface area contributed by atoms with Crippen molar-refractivity contribution >= 4 is 39.5 Å². The van der Waals surface area contributed by atoms with Crippen molar-refractivity contribution in [3.05, 3.63) is 0 Å². The van der Waals surface area contributed by atoms with Crippen LogP contribution in [-0.4, -0.2) is 96.7 Å². The van der Waals surface area contributed by atoms with Crippen LogP contribution < -0.4 is 0 Å². The molecule has 111 heavy (non-hydrogen) atoms. The summed E-state index contributed by atoms with van der Waals surface area (Å²) in [4.78, 5) is 73.5. The Kier molecular flexibility index (Phi) is 83.0. The van der Waals surface area contributed by atoms with Crippen LogP contribution in [0.2, 0.25) is 0 Å². The molecule has 3 N–H and O–H groups in total. The average molecular weight is 1620 g/mol. The van der Waals surface area contributed by atoms with Crippen molar-refractivity contribution in [1.29, 1.82) is 0 Å². The minimum atomic E-state index is -4.97. The first kappa shape index (κ1) is 109. The van der Waals surface area contributed by atoms with Crippen LogP contribution in [0.3, 0.4) is 0 Å². The van der Waals surface area contributed by atoms with Gasteiger partial charge in [-0.2, -0.15) is 0 Å². The molecule has 0 aliphatic rings. The van der Waals surface area contributed by atoms with Crippen molar-refractivity contribution in [2.75, 3.05) is 39.6 Å². The normalized spacial score (nSPS) is 13.7. The van der Waals surface area contributed by atoms with Crippen LogP contribution in [-0.2, 0) is 65.4 Å². The van der Waals surface area contributed by atoms with E-state index in [1.54, 1.807) is 0 Å². The molecule has 0 radical (unpaired) electrons. The topological polar surface area (TPSA) is 237 Å². The van der Waals surface area contributed by atoms with Gasteiger partial charge >= 0.3 is 39.5 Å². The van der Waals surface area contributed by atoms with E-state index >= 15 is 0 Å². The second-order valence-electron chi connectivity index (χ2n) is 33.5. The third-order valence-electron chi connectivity index (χ3n) is 21.8. The first-order valence-electron chi connectivity index (χ1n) is 47.6. The molecule has 0 bridgehead atoms. The zero-order valence-corrected chi connectivity index (χ0v) is 74.9. The number of unbranched alkanes of at least 4 members (excludes halogenated alkanes) is 64. The lowest BCUT2D eigenvalue weighted by atomic mass is 10.0. The highest BCUT2D eigenvalue weighted by molar-refractivity contribution is 7.47. The first-order valence-corrected chi connectivity index (χ1v) is 50.6. The summed E-state index contributed by atoms with van der Waals surface area (Å²) in [5.74, 6) is -1.27. The Morgan fingerprint density at radius 3 is 0.613 bits per heavy atom. The summed E-state index contributed by atoms with van der Waals surface area (Å²) in [6, 6.07) is 0. The molecule has 0 aliphatic heterocycles. The van der Waals surface area contributed by atoms with Gasteiger partial charge in [-0.25, -0.2) is 9.13 Å². The Balaban J connectivity index is 5.24. The molecule has 660 valence electrons. The van der Waals surface area contributed by atoms with E-state index in [-0.39, 0.29) is 25.7 Å². The highest BCUT2D eigenvalue weighted by atomic mass is 31.2. The van der Waals surface area contributed by atoms with Crippen LogP contribution in [0.15, 0.2) is 0 Å². The molecule has 5 atom stereocenters. The van der Waals surface area contributed by atoms with Crippen LogP contribution in [0.4, 0.5) is 0 Å². The average Bonchev–Trinajstić information content (AvgIpc) is 0.881. The Hall–Kier alpha value is -1.94. The first-order chi connectivity index (χ1) is 54.0. The highest BCUT2D eigenvalue weighted by Crippen LogP contribution is 2.45. The maximum atomic E-state index is 13.2. The van der Waals surface area contributed by atoms with Crippen molar-refractivity contribution in [3.63, 3.8) is 0 Å². The minimum absolute atomic E-state index is 0.109. The Morgan fingerprint density at radius 1 is 0.243 bits per heavy atom. The van der Waals surface area contributed by atoms with Crippen molar-refractivity contribution in [2.45, 2.75) is 522 Å². The smallest absolute Gasteiger partial charge is 0.462 e. The molecule has 0 heterocycles. The lowest BCUT2D eigenvalue weighted by Crippen LogP contribution is -2.30. The molecule has 0 saturated heterocycles. The van der Waals surface area contributed by atoms with Gasteiger partial charge in [-0.3, -0.25) is 37.3 Å². The maximum Gasteiger partial charge on any atom is 0.472 e. The predicted molar refractivity (Wildman–Crippen MR) is 460 cm³/mol. The zero-order valence-electron chi connectivity index (χ0n) is 73.1. The van der Waals surface area contributed by atoms with Gasteiger partial charge in [0.05, 0.1) is 26.4 Å². The van der Waals surface area contributed by atoms with Gasteiger partial charge in [0.15, 0.2) is 12.2 Å². The summed E-state index contributed by atoms with van der Waals surface area (Å²) in [6.45, 7) is 7.44. The summed E-state index contributed by atoms with van der Waals surface area (Å²) >= 11 is 0. The fourth-order valence-electron chi connectivity index (χ4n) is 14.5. The number of phosphoric ester groups is 2. The number of hydrogen-bond acceptors (Lipinski definition) is 15. The van der Waals surface area contributed by atoms with Crippen LogP contribution in [0.25, 0.3) is 0 Å². The van der Waals surface area contributed by atoms with Crippen LogP contribution in [0.5, 0.6) is 0 Å². The van der Waals surface area contributed by atoms with Gasteiger partial charge < -0.3 is 33.8 Å². The molecule has 0 spiro atoms.